The Labute approximate surface area is 130 Å². The van der Waals surface area contributed by atoms with Crippen LogP contribution in [0.15, 0.2) is 28.7 Å². The van der Waals surface area contributed by atoms with Crippen molar-refractivity contribution in [2.24, 2.45) is 0 Å². The fourth-order valence-corrected chi connectivity index (χ4v) is 2.88. The monoisotopic (exact) mass is 348 g/mol. The van der Waals surface area contributed by atoms with Crippen LogP contribution in [0.2, 0.25) is 0 Å². The molecule has 5 nitrogen and oxygen atoms in total. The first kappa shape index (κ1) is 14.0. The van der Waals surface area contributed by atoms with Gasteiger partial charge in [0.1, 0.15) is 5.69 Å². The molecule has 0 saturated carbocycles. The molecule has 1 aromatic heterocycles. The fourth-order valence-electron chi connectivity index (χ4n) is 2.49. The summed E-state index contributed by atoms with van der Waals surface area (Å²) in [5.41, 5.74) is 2.18. The van der Waals surface area contributed by atoms with Gasteiger partial charge >= 0.3 is 5.97 Å². The van der Waals surface area contributed by atoms with E-state index in [9.17, 15) is 9.59 Å². The van der Waals surface area contributed by atoms with Gasteiger partial charge in [-0.25, -0.2) is 9.48 Å². The van der Waals surface area contributed by atoms with Gasteiger partial charge in [0.15, 0.2) is 11.5 Å². The number of halogens is 1. The largest absolute Gasteiger partial charge is 0.461 e. The van der Waals surface area contributed by atoms with Crippen molar-refractivity contribution in [3.8, 4) is 5.69 Å². The summed E-state index contributed by atoms with van der Waals surface area (Å²) < 4.78 is 7.45. The Balaban J connectivity index is 2.16. The molecule has 2 aromatic rings. The van der Waals surface area contributed by atoms with Gasteiger partial charge in [-0.3, -0.25) is 4.79 Å². The topological polar surface area (TPSA) is 61.2 Å². The standard InChI is InChI=1S/C15H13BrN2O3/c1-2-21-15(20)13-11-6-7-12(19)14(11)18(17-13)10-5-3-4-9(16)8-10/h3-5,8H,2,6-7H2,1H3. The highest BCUT2D eigenvalue weighted by molar-refractivity contribution is 9.10. The van der Waals surface area contributed by atoms with Crippen LogP contribution in [0, 0.1) is 0 Å². The zero-order valence-electron chi connectivity index (χ0n) is 11.4. The molecule has 6 heteroatoms. The van der Waals surface area contributed by atoms with Gasteiger partial charge in [0.05, 0.1) is 12.3 Å². The number of ketones is 1. The molecule has 1 heterocycles. The summed E-state index contributed by atoms with van der Waals surface area (Å²) >= 11 is 3.40. The highest BCUT2D eigenvalue weighted by atomic mass is 79.9. The van der Waals surface area contributed by atoms with Gasteiger partial charge in [-0.2, -0.15) is 5.10 Å². The van der Waals surface area contributed by atoms with E-state index in [1.807, 2.05) is 24.3 Å². The Morgan fingerprint density at radius 2 is 2.24 bits per heavy atom. The van der Waals surface area contributed by atoms with Crippen LogP contribution in [0.5, 0.6) is 0 Å². The van der Waals surface area contributed by atoms with E-state index in [0.29, 0.717) is 24.1 Å². The van der Waals surface area contributed by atoms with Crippen molar-refractivity contribution in [2.75, 3.05) is 6.61 Å². The molecule has 108 valence electrons. The van der Waals surface area contributed by atoms with Gasteiger partial charge in [-0.1, -0.05) is 22.0 Å². The minimum Gasteiger partial charge on any atom is -0.461 e. The van der Waals surface area contributed by atoms with Crippen molar-refractivity contribution >= 4 is 27.7 Å². The normalized spacial score (nSPS) is 13.3. The number of rotatable bonds is 3. The molecule has 0 aliphatic heterocycles. The molecule has 0 N–H and O–H groups in total. The van der Waals surface area contributed by atoms with E-state index >= 15 is 0 Å². The quantitative estimate of drug-likeness (QED) is 0.800. The van der Waals surface area contributed by atoms with Crippen LogP contribution < -0.4 is 0 Å². The van der Waals surface area contributed by atoms with E-state index in [4.69, 9.17) is 4.74 Å². The summed E-state index contributed by atoms with van der Waals surface area (Å²) in [6, 6.07) is 7.45. The summed E-state index contributed by atoms with van der Waals surface area (Å²) in [7, 11) is 0. The molecule has 21 heavy (non-hydrogen) atoms. The number of ether oxygens (including phenoxy) is 1. The predicted octanol–water partition coefficient (Wildman–Crippen LogP) is 2.94. The Kier molecular flexibility index (Phi) is 3.63. The number of aromatic nitrogens is 2. The van der Waals surface area contributed by atoms with Gasteiger partial charge in [-0.15, -0.1) is 0 Å². The van der Waals surface area contributed by atoms with Crippen LogP contribution in [-0.4, -0.2) is 28.1 Å². The Bertz CT molecular complexity index is 737. The number of Topliss-reactive ketones (excluding diaryl/α,β-unsaturated/α-hetero) is 1. The number of hydrogen-bond donors (Lipinski definition) is 0. The smallest absolute Gasteiger partial charge is 0.359 e. The van der Waals surface area contributed by atoms with Crippen molar-refractivity contribution in [3.05, 3.63) is 45.7 Å². The Hall–Kier alpha value is -1.95. The molecule has 3 rings (SSSR count). The molecule has 0 atom stereocenters. The molecule has 1 aliphatic carbocycles. The van der Waals surface area contributed by atoms with E-state index in [2.05, 4.69) is 21.0 Å². The average Bonchev–Trinajstić information content (AvgIpc) is 3.00. The first-order valence-electron chi connectivity index (χ1n) is 6.70. The number of hydrogen-bond acceptors (Lipinski definition) is 4. The number of carbonyl (C=O) groups excluding carboxylic acids is 2. The first-order chi connectivity index (χ1) is 10.1. The second kappa shape index (κ2) is 5.44. The summed E-state index contributed by atoms with van der Waals surface area (Å²) in [6.45, 7) is 2.03. The molecule has 0 spiro atoms. The maximum Gasteiger partial charge on any atom is 0.359 e. The lowest BCUT2D eigenvalue weighted by Crippen LogP contribution is -2.09. The molecular weight excluding hydrogens is 336 g/mol. The average molecular weight is 349 g/mol. The van der Waals surface area contributed by atoms with Crippen LogP contribution in [0.4, 0.5) is 0 Å². The van der Waals surface area contributed by atoms with Crippen molar-refractivity contribution < 1.29 is 14.3 Å². The van der Waals surface area contributed by atoms with Gasteiger partial charge in [-0.05, 0) is 31.5 Å². The first-order valence-corrected chi connectivity index (χ1v) is 7.49. The van der Waals surface area contributed by atoms with Crippen LogP contribution >= 0.6 is 15.9 Å². The van der Waals surface area contributed by atoms with Crippen molar-refractivity contribution in [1.29, 1.82) is 0 Å². The molecule has 0 saturated heterocycles. The zero-order valence-corrected chi connectivity index (χ0v) is 13.0. The molecule has 0 unspecified atom stereocenters. The van der Waals surface area contributed by atoms with E-state index in [1.54, 1.807) is 11.6 Å². The summed E-state index contributed by atoms with van der Waals surface area (Å²) in [5, 5.41) is 4.31. The number of nitrogens with zero attached hydrogens (tertiary/aromatic N) is 2. The van der Waals surface area contributed by atoms with Gasteiger partial charge in [0.25, 0.3) is 0 Å². The minimum absolute atomic E-state index is 0.00743. The van der Waals surface area contributed by atoms with Crippen LogP contribution in [0.3, 0.4) is 0 Å². The van der Waals surface area contributed by atoms with Crippen LogP contribution in [0.25, 0.3) is 5.69 Å². The molecule has 0 bridgehead atoms. The molecule has 0 fully saturated rings. The van der Waals surface area contributed by atoms with Crippen LogP contribution in [-0.2, 0) is 11.2 Å². The highest BCUT2D eigenvalue weighted by Crippen LogP contribution is 2.29. The number of benzene rings is 1. The number of esters is 1. The number of fused-ring (bicyclic) bond motifs is 1. The summed E-state index contributed by atoms with van der Waals surface area (Å²) in [4.78, 5) is 24.1. The van der Waals surface area contributed by atoms with Gasteiger partial charge in [0.2, 0.25) is 0 Å². The van der Waals surface area contributed by atoms with Gasteiger partial charge in [0, 0.05) is 16.5 Å². The molecule has 0 amide bonds. The maximum absolute atomic E-state index is 12.1. The molecule has 1 aliphatic rings. The minimum atomic E-state index is -0.475. The second-order valence-corrected chi connectivity index (χ2v) is 5.63. The highest BCUT2D eigenvalue weighted by Gasteiger charge is 2.32. The van der Waals surface area contributed by atoms with Crippen molar-refractivity contribution in [1.82, 2.24) is 9.78 Å². The third kappa shape index (κ3) is 2.40. The van der Waals surface area contributed by atoms with E-state index in [1.165, 1.54) is 0 Å². The van der Waals surface area contributed by atoms with Crippen molar-refractivity contribution in [3.63, 3.8) is 0 Å². The molecule has 0 radical (unpaired) electrons. The van der Waals surface area contributed by atoms with Crippen LogP contribution in [0.1, 0.15) is 39.9 Å². The van der Waals surface area contributed by atoms with E-state index in [0.717, 1.165) is 10.2 Å². The zero-order chi connectivity index (χ0) is 15.0. The SMILES string of the molecule is CCOC(=O)c1nn(-c2cccc(Br)c2)c2c1CCC2=O. The second-order valence-electron chi connectivity index (χ2n) is 4.71. The lowest BCUT2D eigenvalue weighted by molar-refractivity contribution is 0.0517. The van der Waals surface area contributed by atoms with Gasteiger partial charge < -0.3 is 4.74 Å². The van der Waals surface area contributed by atoms with E-state index in [-0.39, 0.29) is 18.1 Å². The third-order valence-electron chi connectivity index (χ3n) is 3.37. The fraction of sp³-hybridized carbons (Fsp3) is 0.267. The number of carbonyl (C=O) groups is 2. The predicted molar refractivity (Wildman–Crippen MR) is 79.9 cm³/mol. The molecular formula is C15H13BrN2O3. The Morgan fingerprint density at radius 1 is 1.43 bits per heavy atom. The Morgan fingerprint density at radius 3 is 2.95 bits per heavy atom. The summed E-state index contributed by atoms with van der Waals surface area (Å²) in [6.07, 6.45) is 0.948. The summed E-state index contributed by atoms with van der Waals surface area (Å²) in [5.74, 6) is -0.467. The third-order valence-corrected chi connectivity index (χ3v) is 3.86. The maximum atomic E-state index is 12.1. The van der Waals surface area contributed by atoms with Crippen molar-refractivity contribution in [2.45, 2.75) is 19.8 Å². The lowest BCUT2D eigenvalue weighted by atomic mass is 10.2. The lowest BCUT2D eigenvalue weighted by Gasteiger charge is -2.05. The van der Waals surface area contributed by atoms with E-state index < -0.39 is 5.97 Å². The molecule has 1 aromatic carbocycles.